The lowest BCUT2D eigenvalue weighted by Crippen LogP contribution is -2.33. The predicted molar refractivity (Wildman–Crippen MR) is 81.0 cm³/mol. The Morgan fingerprint density at radius 2 is 1.85 bits per heavy atom. The summed E-state index contributed by atoms with van der Waals surface area (Å²) in [7, 11) is 0. The number of fused-ring (bicyclic) bond motifs is 1. The maximum atomic E-state index is 8.88. The molecule has 0 saturated heterocycles. The molecule has 0 aromatic heterocycles. The molecule has 0 radical (unpaired) electrons. The lowest BCUT2D eigenvalue weighted by atomic mass is 9.94. The summed E-state index contributed by atoms with van der Waals surface area (Å²) in [5.41, 5.74) is 2.42. The van der Waals surface area contributed by atoms with E-state index in [1.165, 1.54) is 11.1 Å². The molecule has 0 N–H and O–H groups in total. The molecule has 0 bridgehead atoms. The van der Waals surface area contributed by atoms with Crippen LogP contribution in [0.25, 0.3) is 0 Å². The largest absolute Gasteiger partial charge is 0.490 e. The maximum Gasteiger partial charge on any atom is 0.161 e. The molecule has 4 nitrogen and oxygen atoms in total. The van der Waals surface area contributed by atoms with Crippen LogP contribution in [0.15, 0.2) is 12.1 Å². The summed E-state index contributed by atoms with van der Waals surface area (Å²) >= 11 is 4.48. The minimum Gasteiger partial charge on any atom is -0.490 e. The van der Waals surface area contributed by atoms with Gasteiger partial charge in [0, 0.05) is 12.6 Å². The number of rotatable bonds is 5. The molecule has 1 aliphatic rings. The van der Waals surface area contributed by atoms with Gasteiger partial charge in [-0.05, 0) is 43.5 Å². The summed E-state index contributed by atoms with van der Waals surface area (Å²) in [6.45, 7) is 5.86. The monoisotopic (exact) mass is 292 g/mol. The highest BCUT2D eigenvalue weighted by atomic mass is 32.1. The van der Waals surface area contributed by atoms with Gasteiger partial charge in [-0.15, -0.1) is 0 Å². The van der Waals surface area contributed by atoms with Crippen molar-refractivity contribution in [3.8, 4) is 17.6 Å². The van der Waals surface area contributed by atoms with Gasteiger partial charge in [0.1, 0.15) is 0 Å². The van der Waals surface area contributed by atoms with Gasteiger partial charge in [0.05, 0.1) is 25.7 Å². The molecule has 0 aliphatic carbocycles. The number of nitrogens with zero attached hydrogens (tertiary/aromatic N) is 2. The van der Waals surface area contributed by atoms with E-state index in [9.17, 15) is 0 Å². The van der Waals surface area contributed by atoms with Crippen LogP contribution in [0, 0.1) is 11.3 Å². The number of hydrogen-bond donors (Lipinski definition) is 1. The summed E-state index contributed by atoms with van der Waals surface area (Å²) < 4.78 is 13.2. The molecule has 1 aromatic rings. The van der Waals surface area contributed by atoms with E-state index >= 15 is 0 Å². The quantitative estimate of drug-likeness (QED) is 0.848. The second kappa shape index (κ2) is 6.87. The van der Waals surface area contributed by atoms with Crippen molar-refractivity contribution in [2.75, 3.05) is 13.2 Å². The summed E-state index contributed by atoms with van der Waals surface area (Å²) in [4.78, 5) is 0. The van der Waals surface area contributed by atoms with Gasteiger partial charge < -0.3 is 9.47 Å². The summed E-state index contributed by atoms with van der Waals surface area (Å²) in [6, 6.07) is 6.47. The van der Waals surface area contributed by atoms with E-state index < -0.39 is 0 Å². The van der Waals surface area contributed by atoms with E-state index in [0.29, 0.717) is 19.6 Å². The number of nitriles is 1. The first-order chi connectivity index (χ1) is 9.69. The van der Waals surface area contributed by atoms with Crippen molar-refractivity contribution in [3.63, 3.8) is 0 Å². The van der Waals surface area contributed by atoms with Crippen LogP contribution in [-0.2, 0) is 13.0 Å². The van der Waals surface area contributed by atoms with E-state index in [1.54, 1.807) is 0 Å². The molecule has 0 amide bonds. The lowest BCUT2D eigenvalue weighted by Gasteiger charge is -2.32. The number of thiol groups is 1. The smallest absolute Gasteiger partial charge is 0.161 e. The average molecular weight is 292 g/mol. The molecule has 20 heavy (non-hydrogen) atoms. The Balaban J connectivity index is 2.32. The third kappa shape index (κ3) is 3.20. The van der Waals surface area contributed by atoms with Crippen LogP contribution >= 0.6 is 12.8 Å². The third-order valence-electron chi connectivity index (χ3n) is 3.40. The number of ether oxygens (including phenoxy) is 2. The standard InChI is InChI=1S/C15H20N2O2S/c1-3-18-14-8-11-7-13(5-6-16)17(20)10-12(11)9-15(14)19-4-2/h8-9,13,20H,3-5,7,10H2,1-2H3. The van der Waals surface area contributed by atoms with Crippen LogP contribution in [-0.4, -0.2) is 23.6 Å². The number of benzene rings is 1. The fourth-order valence-electron chi connectivity index (χ4n) is 2.46. The fourth-order valence-corrected chi connectivity index (χ4v) is 2.78. The van der Waals surface area contributed by atoms with Crippen LogP contribution in [0.1, 0.15) is 31.4 Å². The Labute approximate surface area is 125 Å². The van der Waals surface area contributed by atoms with Gasteiger partial charge in [-0.1, -0.05) is 12.8 Å². The molecule has 1 unspecified atom stereocenters. The van der Waals surface area contributed by atoms with Crippen molar-refractivity contribution in [2.45, 2.75) is 39.3 Å². The van der Waals surface area contributed by atoms with Crippen LogP contribution < -0.4 is 9.47 Å². The van der Waals surface area contributed by atoms with Gasteiger partial charge >= 0.3 is 0 Å². The molecule has 1 aliphatic heterocycles. The first kappa shape index (κ1) is 15.0. The molecule has 1 aromatic carbocycles. The SMILES string of the molecule is CCOc1cc2c(cc1OCC)CN(S)C(CC#N)C2. The van der Waals surface area contributed by atoms with E-state index in [1.807, 2.05) is 24.2 Å². The van der Waals surface area contributed by atoms with E-state index in [-0.39, 0.29) is 6.04 Å². The Bertz CT molecular complexity index is 513. The van der Waals surface area contributed by atoms with Crippen molar-refractivity contribution in [2.24, 2.45) is 0 Å². The van der Waals surface area contributed by atoms with Crippen molar-refractivity contribution in [1.29, 1.82) is 5.26 Å². The summed E-state index contributed by atoms with van der Waals surface area (Å²) in [5, 5.41) is 8.88. The second-order valence-corrected chi connectivity index (χ2v) is 5.27. The van der Waals surface area contributed by atoms with E-state index in [2.05, 4.69) is 25.0 Å². The highest BCUT2D eigenvalue weighted by Gasteiger charge is 2.25. The third-order valence-corrected chi connectivity index (χ3v) is 3.87. The van der Waals surface area contributed by atoms with Gasteiger partial charge in [0.15, 0.2) is 11.5 Å². The average Bonchev–Trinajstić information content (AvgIpc) is 2.42. The molecule has 5 heteroatoms. The molecule has 1 heterocycles. The summed E-state index contributed by atoms with van der Waals surface area (Å²) in [6.07, 6.45) is 1.30. The van der Waals surface area contributed by atoms with Crippen molar-refractivity contribution >= 4 is 12.8 Å². The molecule has 1 atom stereocenters. The molecule has 0 spiro atoms. The van der Waals surface area contributed by atoms with Gasteiger partial charge in [-0.2, -0.15) is 5.26 Å². The zero-order chi connectivity index (χ0) is 14.5. The van der Waals surface area contributed by atoms with E-state index in [0.717, 1.165) is 24.5 Å². The van der Waals surface area contributed by atoms with Crippen molar-refractivity contribution in [3.05, 3.63) is 23.3 Å². The van der Waals surface area contributed by atoms with Crippen molar-refractivity contribution < 1.29 is 9.47 Å². The van der Waals surface area contributed by atoms with Crippen molar-refractivity contribution in [1.82, 2.24) is 4.31 Å². The highest BCUT2D eigenvalue weighted by Crippen LogP contribution is 2.36. The fraction of sp³-hybridized carbons (Fsp3) is 0.533. The Kier molecular flexibility index (Phi) is 5.16. The first-order valence-corrected chi connectivity index (χ1v) is 7.33. The lowest BCUT2D eigenvalue weighted by molar-refractivity contribution is 0.282. The molecule has 0 fully saturated rings. The minimum absolute atomic E-state index is 0.156. The second-order valence-electron chi connectivity index (χ2n) is 4.75. The Morgan fingerprint density at radius 3 is 2.40 bits per heavy atom. The van der Waals surface area contributed by atoms with Gasteiger partial charge in [-0.25, -0.2) is 4.31 Å². The van der Waals surface area contributed by atoms with Crippen LogP contribution in [0.2, 0.25) is 0 Å². The maximum absolute atomic E-state index is 8.88. The molecule has 0 saturated carbocycles. The van der Waals surface area contributed by atoms with Crippen LogP contribution in [0.5, 0.6) is 11.5 Å². The Hall–Kier alpha value is -1.38. The molecule has 108 valence electrons. The zero-order valence-corrected chi connectivity index (χ0v) is 12.8. The Morgan fingerprint density at radius 1 is 1.25 bits per heavy atom. The highest BCUT2D eigenvalue weighted by molar-refractivity contribution is 7.77. The summed E-state index contributed by atoms with van der Waals surface area (Å²) in [5.74, 6) is 1.57. The molecule has 2 rings (SSSR count). The normalized spacial score (nSPS) is 18.2. The van der Waals surface area contributed by atoms with Gasteiger partial charge in [0.25, 0.3) is 0 Å². The molecular weight excluding hydrogens is 272 g/mol. The van der Waals surface area contributed by atoms with Gasteiger partial charge in [0.2, 0.25) is 0 Å². The van der Waals surface area contributed by atoms with Gasteiger partial charge in [-0.3, -0.25) is 0 Å². The first-order valence-electron chi connectivity index (χ1n) is 6.93. The zero-order valence-electron chi connectivity index (χ0n) is 11.9. The molecular formula is C15H20N2O2S. The van der Waals surface area contributed by atoms with E-state index in [4.69, 9.17) is 14.7 Å². The van der Waals surface area contributed by atoms with Crippen LogP contribution in [0.3, 0.4) is 0 Å². The topological polar surface area (TPSA) is 45.5 Å². The van der Waals surface area contributed by atoms with Crippen LogP contribution in [0.4, 0.5) is 0 Å². The minimum atomic E-state index is 0.156. The predicted octanol–water partition coefficient (Wildman–Crippen LogP) is 2.97. The number of hydrogen-bond acceptors (Lipinski definition) is 5.